The Labute approximate surface area is 113 Å². The van der Waals surface area contributed by atoms with E-state index in [1.807, 2.05) is 5.48 Å². The Bertz CT molecular complexity index is 406. The highest BCUT2D eigenvalue weighted by molar-refractivity contribution is 5.99. The number of amidine groups is 1. The zero-order chi connectivity index (χ0) is 14.9. The fourth-order valence-electron chi connectivity index (χ4n) is 2.24. The van der Waals surface area contributed by atoms with Crippen LogP contribution in [-0.4, -0.2) is 79.8 Å². The van der Waals surface area contributed by atoms with Crippen LogP contribution in [0.25, 0.3) is 0 Å². The molecule has 2 aliphatic rings. The molecule has 0 bridgehead atoms. The maximum absolute atomic E-state index is 11.9. The molecule has 0 radical (unpaired) electrons. The third-order valence-corrected chi connectivity index (χ3v) is 3.27. The molecular weight excluding hydrogens is 276 g/mol. The average molecular weight is 292 g/mol. The lowest BCUT2D eigenvalue weighted by Gasteiger charge is -2.39. The molecule has 0 aromatic heterocycles. The van der Waals surface area contributed by atoms with Crippen LogP contribution in [0.2, 0.25) is 0 Å². The number of oxime groups is 1. The van der Waals surface area contributed by atoms with Crippen molar-refractivity contribution in [3.63, 3.8) is 0 Å². The molecule has 2 heterocycles. The maximum atomic E-state index is 11.9. The highest BCUT2D eigenvalue weighted by Crippen LogP contribution is 2.27. The number of aliphatic hydroxyl groups excluding tert-OH is 3. The molecule has 5 atom stereocenters. The van der Waals surface area contributed by atoms with Crippen LogP contribution in [0.15, 0.2) is 5.16 Å². The van der Waals surface area contributed by atoms with Gasteiger partial charge in [0.2, 0.25) is 0 Å². The molecule has 0 spiro atoms. The molecular formula is C9H16N4O7. The summed E-state index contributed by atoms with van der Waals surface area (Å²) in [6, 6.07) is -0.801. The maximum Gasteiger partial charge on any atom is 0.326 e. The van der Waals surface area contributed by atoms with E-state index in [4.69, 9.17) is 20.3 Å². The van der Waals surface area contributed by atoms with Gasteiger partial charge in [0.25, 0.3) is 0 Å². The zero-order valence-electron chi connectivity index (χ0n) is 10.2. The SMILES string of the molecule is O=C1N/C(=N\O)CC(NO)N1[C@@H]1O[C@H](CO)[C@@H](O)[C@H]1O. The summed E-state index contributed by atoms with van der Waals surface area (Å²) in [7, 11) is 0. The van der Waals surface area contributed by atoms with E-state index in [9.17, 15) is 15.0 Å². The van der Waals surface area contributed by atoms with E-state index >= 15 is 0 Å². The van der Waals surface area contributed by atoms with Gasteiger partial charge in [-0.25, -0.2) is 4.79 Å². The highest BCUT2D eigenvalue weighted by atomic mass is 16.6. The first-order valence-electron chi connectivity index (χ1n) is 5.85. The minimum absolute atomic E-state index is 0.0782. The number of hydrogen-bond donors (Lipinski definition) is 7. The van der Waals surface area contributed by atoms with Crippen LogP contribution in [0.1, 0.15) is 6.42 Å². The Balaban J connectivity index is 2.20. The minimum atomic E-state index is -1.46. The topological polar surface area (TPSA) is 167 Å². The van der Waals surface area contributed by atoms with Gasteiger partial charge in [0.1, 0.15) is 24.5 Å². The largest absolute Gasteiger partial charge is 0.409 e. The third kappa shape index (κ3) is 2.42. The molecule has 0 aromatic rings. The summed E-state index contributed by atoms with van der Waals surface area (Å²) in [6.45, 7) is -0.537. The normalized spacial score (nSPS) is 40.2. The van der Waals surface area contributed by atoms with Gasteiger partial charge in [0.05, 0.1) is 6.61 Å². The van der Waals surface area contributed by atoms with Crippen LogP contribution in [0.5, 0.6) is 0 Å². The summed E-state index contributed by atoms with van der Waals surface area (Å²) >= 11 is 0. The number of nitrogens with zero attached hydrogens (tertiary/aromatic N) is 2. The fraction of sp³-hybridized carbons (Fsp3) is 0.778. The van der Waals surface area contributed by atoms with Crippen LogP contribution in [-0.2, 0) is 4.74 Å². The first kappa shape index (κ1) is 14.9. The monoisotopic (exact) mass is 292 g/mol. The summed E-state index contributed by atoms with van der Waals surface area (Å²) in [4.78, 5) is 12.8. The fourth-order valence-corrected chi connectivity index (χ4v) is 2.24. The Morgan fingerprint density at radius 1 is 1.45 bits per heavy atom. The van der Waals surface area contributed by atoms with E-state index in [-0.39, 0.29) is 12.3 Å². The van der Waals surface area contributed by atoms with E-state index in [0.717, 1.165) is 4.90 Å². The summed E-state index contributed by atoms with van der Waals surface area (Å²) in [6.07, 6.45) is -6.25. The molecule has 2 fully saturated rings. The summed E-state index contributed by atoms with van der Waals surface area (Å²) in [5.74, 6) is -0.0791. The average Bonchev–Trinajstić information content (AvgIpc) is 2.73. The predicted octanol–water partition coefficient (Wildman–Crippen LogP) is -3.07. The van der Waals surface area contributed by atoms with Crippen LogP contribution in [0.4, 0.5) is 4.79 Å². The number of urea groups is 1. The van der Waals surface area contributed by atoms with E-state index in [0.29, 0.717) is 0 Å². The van der Waals surface area contributed by atoms with Crippen molar-refractivity contribution in [3.05, 3.63) is 0 Å². The molecule has 11 heteroatoms. The zero-order valence-corrected chi connectivity index (χ0v) is 10.2. The Kier molecular flexibility index (Phi) is 4.37. The number of hydroxylamine groups is 1. The van der Waals surface area contributed by atoms with Crippen molar-refractivity contribution in [1.29, 1.82) is 0 Å². The number of carbonyl (C=O) groups excluding carboxylic acids is 1. The number of hydrogen-bond acceptors (Lipinski definition) is 9. The standard InChI is InChI=1S/C9H16N4O7/c14-2-3-6(15)7(16)8(20-3)13-5(12-19)1-4(11-18)10-9(13)17/h3,5-8,12,14-16,18-19H,1-2H2,(H,10,11,17)/t3-,5?,6-,7-,8-/m1/s1. The Morgan fingerprint density at radius 3 is 2.65 bits per heavy atom. The van der Waals surface area contributed by atoms with Gasteiger partial charge in [-0.05, 0) is 0 Å². The molecule has 2 amide bonds. The van der Waals surface area contributed by atoms with E-state index < -0.39 is 43.3 Å². The number of ether oxygens (including phenoxy) is 1. The van der Waals surface area contributed by atoms with Gasteiger partial charge in [0, 0.05) is 6.42 Å². The van der Waals surface area contributed by atoms with E-state index in [2.05, 4.69) is 10.5 Å². The van der Waals surface area contributed by atoms with Crippen LogP contribution in [0, 0.1) is 0 Å². The van der Waals surface area contributed by atoms with Crippen molar-refractivity contribution in [2.24, 2.45) is 5.16 Å². The molecule has 11 nitrogen and oxygen atoms in total. The van der Waals surface area contributed by atoms with Gasteiger partial charge >= 0.3 is 6.03 Å². The van der Waals surface area contributed by atoms with Gasteiger partial charge in [-0.3, -0.25) is 10.2 Å². The van der Waals surface area contributed by atoms with Gasteiger partial charge in [-0.1, -0.05) is 5.16 Å². The lowest BCUT2D eigenvalue weighted by atomic mass is 10.1. The van der Waals surface area contributed by atoms with Crippen molar-refractivity contribution in [2.75, 3.05) is 6.61 Å². The van der Waals surface area contributed by atoms with Crippen molar-refractivity contribution in [1.82, 2.24) is 15.7 Å². The number of carbonyl (C=O) groups is 1. The molecule has 0 saturated carbocycles. The molecule has 114 valence electrons. The first-order valence-corrected chi connectivity index (χ1v) is 5.85. The third-order valence-electron chi connectivity index (χ3n) is 3.27. The molecule has 20 heavy (non-hydrogen) atoms. The number of nitrogens with one attached hydrogen (secondary N) is 2. The lowest BCUT2D eigenvalue weighted by molar-refractivity contribution is -0.111. The van der Waals surface area contributed by atoms with Crippen LogP contribution >= 0.6 is 0 Å². The van der Waals surface area contributed by atoms with Crippen molar-refractivity contribution in [2.45, 2.75) is 37.1 Å². The molecule has 7 N–H and O–H groups in total. The summed E-state index contributed by atoms with van der Waals surface area (Å²) in [5, 5.41) is 51.3. The van der Waals surface area contributed by atoms with Gasteiger partial charge in [-0.2, -0.15) is 5.48 Å². The molecule has 1 unspecified atom stereocenters. The highest BCUT2D eigenvalue weighted by Gasteiger charge is 2.50. The van der Waals surface area contributed by atoms with E-state index in [1.54, 1.807) is 0 Å². The molecule has 2 saturated heterocycles. The summed E-state index contributed by atoms with van der Waals surface area (Å²) in [5.41, 5.74) is 1.83. The van der Waals surface area contributed by atoms with Crippen molar-refractivity contribution < 1.29 is 35.3 Å². The van der Waals surface area contributed by atoms with Crippen molar-refractivity contribution in [3.8, 4) is 0 Å². The molecule has 2 rings (SSSR count). The number of aliphatic hydroxyl groups is 3. The molecule has 0 aliphatic carbocycles. The quantitative estimate of drug-likeness (QED) is 0.212. The molecule has 0 aromatic carbocycles. The summed E-state index contributed by atoms with van der Waals surface area (Å²) < 4.78 is 5.21. The van der Waals surface area contributed by atoms with E-state index in [1.165, 1.54) is 0 Å². The van der Waals surface area contributed by atoms with Crippen molar-refractivity contribution >= 4 is 11.9 Å². The first-order chi connectivity index (χ1) is 9.53. The Hall–Kier alpha value is -1.50. The second-order valence-electron chi connectivity index (χ2n) is 4.46. The molecule has 2 aliphatic heterocycles. The smallest absolute Gasteiger partial charge is 0.326 e. The lowest BCUT2D eigenvalue weighted by Crippen LogP contribution is -2.64. The predicted molar refractivity (Wildman–Crippen MR) is 60.7 cm³/mol. The Morgan fingerprint density at radius 2 is 2.15 bits per heavy atom. The number of amides is 2. The van der Waals surface area contributed by atoms with Crippen LogP contribution < -0.4 is 10.8 Å². The van der Waals surface area contributed by atoms with Gasteiger partial charge in [0.15, 0.2) is 12.1 Å². The second kappa shape index (κ2) is 5.87. The number of rotatable bonds is 3. The van der Waals surface area contributed by atoms with Gasteiger partial charge in [-0.15, -0.1) is 0 Å². The second-order valence-corrected chi connectivity index (χ2v) is 4.46. The van der Waals surface area contributed by atoms with Gasteiger partial charge < -0.3 is 30.5 Å². The van der Waals surface area contributed by atoms with Crippen LogP contribution in [0.3, 0.4) is 0 Å². The minimum Gasteiger partial charge on any atom is -0.409 e.